The summed E-state index contributed by atoms with van der Waals surface area (Å²) in [7, 11) is 0. The van der Waals surface area contributed by atoms with E-state index in [4.69, 9.17) is 4.74 Å². The first kappa shape index (κ1) is 20.7. The van der Waals surface area contributed by atoms with E-state index in [0.717, 1.165) is 44.7 Å². The number of anilines is 1. The van der Waals surface area contributed by atoms with Crippen LogP contribution in [0, 0.1) is 0 Å². The average molecular weight is 364 g/mol. The Kier molecular flexibility index (Phi) is 7.87. The molecule has 1 amide bonds. The van der Waals surface area contributed by atoms with Gasteiger partial charge in [-0.2, -0.15) is 0 Å². The van der Waals surface area contributed by atoms with E-state index in [-0.39, 0.29) is 5.91 Å². The number of β-amino-alcohol motifs (C(OH)–C–C–N with tert-alkyl or cyclic N) is 1. The zero-order chi connectivity index (χ0) is 19.0. The molecule has 26 heavy (non-hydrogen) atoms. The number of carbonyl (C=O) groups excluding carboxylic acids is 1. The number of ether oxygens (including phenoxy) is 1. The van der Waals surface area contributed by atoms with Crippen molar-refractivity contribution < 1.29 is 14.6 Å². The number of benzene rings is 1. The van der Waals surface area contributed by atoms with Crippen LogP contribution in [0.15, 0.2) is 24.3 Å². The fourth-order valence-corrected chi connectivity index (χ4v) is 2.90. The second-order valence-electron chi connectivity index (χ2n) is 7.45. The van der Waals surface area contributed by atoms with Gasteiger partial charge in [0.2, 0.25) is 5.91 Å². The molecule has 3 N–H and O–H groups in total. The summed E-state index contributed by atoms with van der Waals surface area (Å²) in [6.45, 7) is 10.3. The third-order valence-corrected chi connectivity index (χ3v) is 4.72. The maximum Gasteiger partial charge on any atom is 0.224 e. The summed E-state index contributed by atoms with van der Waals surface area (Å²) in [6, 6.07) is 7.32. The average Bonchev–Trinajstić information content (AvgIpc) is 2.62. The zero-order valence-corrected chi connectivity index (χ0v) is 16.3. The molecule has 1 aromatic rings. The van der Waals surface area contributed by atoms with Crippen molar-refractivity contribution in [1.29, 1.82) is 0 Å². The minimum absolute atomic E-state index is 0.0345. The van der Waals surface area contributed by atoms with Gasteiger partial charge in [0.1, 0.15) is 17.5 Å². The Morgan fingerprint density at radius 1 is 1.31 bits per heavy atom. The maximum atomic E-state index is 11.8. The van der Waals surface area contributed by atoms with Crippen molar-refractivity contribution in [3.63, 3.8) is 0 Å². The number of nitrogens with one attached hydrogen (secondary N) is 2. The summed E-state index contributed by atoms with van der Waals surface area (Å²) in [6.07, 6.45) is 1.85. The van der Waals surface area contributed by atoms with E-state index in [0.29, 0.717) is 18.7 Å². The Morgan fingerprint density at radius 2 is 1.96 bits per heavy atom. The molecule has 1 aliphatic rings. The standard InChI is InChI=1S/C20H33N3O3/c1-4-5-6-19(25)22-16-7-9-17(10-8-16)26-20(2,3)18(24)15-23-13-11-21-12-14-23/h7-10,18,21,24H,4-6,11-15H2,1-3H3,(H,22,25). The van der Waals surface area contributed by atoms with E-state index in [2.05, 4.69) is 22.5 Å². The van der Waals surface area contributed by atoms with Gasteiger partial charge in [-0.1, -0.05) is 13.3 Å². The number of rotatable bonds is 9. The van der Waals surface area contributed by atoms with Crippen molar-refractivity contribution in [2.45, 2.75) is 51.7 Å². The van der Waals surface area contributed by atoms with Crippen molar-refractivity contribution in [1.82, 2.24) is 10.2 Å². The molecule has 1 unspecified atom stereocenters. The molecule has 146 valence electrons. The van der Waals surface area contributed by atoms with E-state index < -0.39 is 11.7 Å². The molecule has 0 spiro atoms. The molecule has 1 atom stereocenters. The van der Waals surface area contributed by atoms with Crippen molar-refractivity contribution >= 4 is 11.6 Å². The third-order valence-electron chi connectivity index (χ3n) is 4.72. The molecule has 1 heterocycles. The van der Waals surface area contributed by atoms with Crippen LogP contribution in [-0.4, -0.2) is 60.3 Å². The number of nitrogens with zero attached hydrogens (tertiary/aromatic N) is 1. The molecule has 0 aliphatic carbocycles. The van der Waals surface area contributed by atoms with Crippen LogP contribution in [0.4, 0.5) is 5.69 Å². The number of unbranched alkanes of at least 4 members (excludes halogenated alkanes) is 1. The lowest BCUT2D eigenvalue weighted by Gasteiger charge is -2.36. The van der Waals surface area contributed by atoms with Gasteiger partial charge in [-0.3, -0.25) is 9.69 Å². The molecular formula is C20H33N3O3. The topological polar surface area (TPSA) is 73.8 Å². The normalized spacial score (nSPS) is 16.9. The summed E-state index contributed by atoms with van der Waals surface area (Å²) >= 11 is 0. The van der Waals surface area contributed by atoms with Gasteiger partial charge in [-0.25, -0.2) is 0 Å². The molecule has 0 saturated carbocycles. The number of carbonyl (C=O) groups is 1. The largest absolute Gasteiger partial charge is 0.485 e. The van der Waals surface area contributed by atoms with Crippen LogP contribution in [0.1, 0.15) is 40.0 Å². The number of aliphatic hydroxyl groups is 1. The summed E-state index contributed by atoms with van der Waals surface area (Å²) < 4.78 is 6.03. The van der Waals surface area contributed by atoms with Crippen LogP contribution in [0.2, 0.25) is 0 Å². The van der Waals surface area contributed by atoms with Gasteiger partial charge in [0.15, 0.2) is 0 Å². The van der Waals surface area contributed by atoms with E-state index >= 15 is 0 Å². The zero-order valence-electron chi connectivity index (χ0n) is 16.3. The minimum Gasteiger partial charge on any atom is -0.485 e. The molecule has 0 radical (unpaired) electrons. The third kappa shape index (κ3) is 6.59. The van der Waals surface area contributed by atoms with Gasteiger partial charge in [0.25, 0.3) is 0 Å². The predicted octanol–water partition coefficient (Wildman–Crippen LogP) is 2.24. The summed E-state index contributed by atoms with van der Waals surface area (Å²) in [5.41, 5.74) is 0.0640. The van der Waals surface area contributed by atoms with E-state index in [1.807, 2.05) is 38.1 Å². The molecular weight excluding hydrogens is 330 g/mol. The molecule has 2 rings (SSSR count). The Labute approximate surface area is 156 Å². The van der Waals surface area contributed by atoms with Gasteiger partial charge < -0.3 is 20.5 Å². The second kappa shape index (κ2) is 9.90. The van der Waals surface area contributed by atoms with Crippen molar-refractivity contribution in [3.05, 3.63) is 24.3 Å². The number of aliphatic hydroxyl groups excluding tert-OH is 1. The van der Waals surface area contributed by atoms with Gasteiger partial charge in [0.05, 0.1) is 0 Å². The van der Waals surface area contributed by atoms with Gasteiger partial charge in [-0.15, -0.1) is 0 Å². The molecule has 1 aliphatic heterocycles. The smallest absolute Gasteiger partial charge is 0.224 e. The van der Waals surface area contributed by atoms with Crippen molar-refractivity contribution in [2.24, 2.45) is 0 Å². The summed E-state index contributed by atoms with van der Waals surface area (Å²) in [5.74, 6) is 0.716. The predicted molar refractivity (Wildman–Crippen MR) is 105 cm³/mol. The van der Waals surface area contributed by atoms with E-state index in [9.17, 15) is 9.90 Å². The minimum atomic E-state index is -0.698. The van der Waals surface area contributed by atoms with Crippen LogP contribution >= 0.6 is 0 Å². The van der Waals surface area contributed by atoms with Crippen LogP contribution in [0.25, 0.3) is 0 Å². The lowest BCUT2D eigenvalue weighted by Crippen LogP contribution is -2.52. The first-order valence-electron chi connectivity index (χ1n) is 9.61. The molecule has 1 fully saturated rings. The monoisotopic (exact) mass is 363 g/mol. The Balaban J connectivity index is 1.86. The van der Waals surface area contributed by atoms with E-state index in [1.54, 1.807) is 0 Å². The highest BCUT2D eigenvalue weighted by Gasteiger charge is 2.31. The van der Waals surface area contributed by atoms with Crippen LogP contribution in [-0.2, 0) is 4.79 Å². The summed E-state index contributed by atoms with van der Waals surface area (Å²) in [5, 5.41) is 16.8. The highest BCUT2D eigenvalue weighted by Crippen LogP contribution is 2.24. The summed E-state index contributed by atoms with van der Waals surface area (Å²) in [4.78, 5) is 14.0. The molecule has 6 heteroatoms. The number of amides is 1. The number of piperazine rings is 1. The first-order valence-corrected chi connectivity index (χ1v) is 9.61. The lowest BCUT2D eigenvalue weighted by atomic mass is 10.0. The molecule has 1 saturated heterocycles. The Morgan fingerprint density at radius 3 is 2.58 bits per heavy atom. The molecule has 0 aromatic heterocycles. The number of hydrogen-bond acceptors (Lipinski definition) is 5. The molecule has 0 bridgehead atoms. The highest BCUT2D eigenvalue weighted by atomic mass is 16.5. The van der Waals surface area contributed by atoms with Crippen LogP contribution in [0.3, 0.4) is 0 Å². The van der Waals surface area contributed by atoms with Gasteiger partial charge >= 0.3 is 0 Å². The van der Waals surface area contributed by atoms with Crippen molar-refractivity contribution in [3.8, 4) is 5.75 Å². The molecule has 6 nitrogen and oxygen atoms in total. The van der Waals surface area contributed by atoms with Crippen molar-refractivity contribution in [2.75, 3.05) is 38.0 Å². The first-order chi connectivity index (χ1) is 12.4. The maximum absolute atomic E-state index is 11.8. The Bertz CT molecular complexity index is 554. The van der Waals surface area contributed by atoms with Gasteiger partial charge in [-0.05, 0) is 44.5 Å². The molecule has 1 aromatic carbocycles. The second-order valence-corrected chi connectivity index (χ2v) is 7.45. The Hall–Kier alpha value is -1.63. The lowest BCUT2D eigenvalue weighted by molar-refractivity contribution is -0.116. The van der Waals surface area contributed by atoms with Crippen LogP contribution < -0.4 is 15.4 Å². The quantitative estimate of drug-likeness (QED) is 0.627. The fraction of sp³-hybridized carbons (Fsp3) is 0.650. The fourth-order valence-electron chi connectivity index (χ4n) is 2.90. The van der Waals surface area contributed by atoms with E-state index in [1.165, 1.54) is 0 Å². The van der Waals surface area contributed by atoms with Crippen LogP contribution in [0.5, 0.6) is 5.75 Å². The van der Waals surface area contributed by atoms with Gasteiger partial charge in [0, 0.05) is 44.8 Å². The number of hydrogen-bond donors (Lipinski definition) is 3. The SMILES string of the molecule is CCCCC(=O)Nc1ccc(OC(C)(C)C(O)CN2CCNCC2)cc1. The highest BCUT2D eigenvalue weighted by molar-refractivity contribution is 5.90.